The fourth-order valence-electron chi connectivity index (χ4n) is 6.17. The molecule has 9 heteroatoms. The van der Waals surface area contributed by atoms with Gasteiger partial charge >= 0.3 is 0 Å². The number of fused-ring (bicyclic) bond motifs is 2. The molecule has 206 valence electrons. The lowest BCUT2D eigenvalue weighted by molar-refractivity contribution is 0.0878. The van der Waals surface area contributed by atoms with Gasteiger partial charge in [-0.3, -0.25) is 0 Å². The fourth-order valence-corrected chi connectivity index (χ4v) is 6.17. The van der Waals surface area contributed by atoms with Crippen molar-refractivity contribution in [2.75, 3.05) is 46.5 Å². The monoisotopic (exact) mass is 535 g/mol. The van der Waals surface area contributed by atoms with E-state index in [9.17, 15) is 15.3 Å². The quantitative estimate of drug-likeness (QED) is 0.317. The normalized spacial score (nSPS) is 18.3. The molecule has 2 heterocycles. The number of ether oxygens (including phenoxy) is 5. The second-order valence-corrected chi connectivity index (χ2v) is 10.0. The summed E-state index contributed by atoms with van der Waals surface area (Å²) in [5, 5.41) is 35.0. The van der Waals surface area contributed by atoms with Gasteiger partial charge in [-0.25, -0.2) is 0 Å². The number of hydrogen-bond acceptors (Lipinski definition) is 9. The summed E-state index contributed by atoms with van der Waals surface area (Å²) in [6.45, 7) is 1.32. The van der Waals surface area contributed by atoms with Crippen molar-refractivity contribution in [1.82, 2.24) is 0 Å². The number of methoxy groups -OCH3 is 3. The van der Waals surface area contributed by atoms with Gasteiger partial charge in [0.25, 0.3) is 0 Å². The molecule has 3 aromatic rings. The lowest BCUT2D eigenvalue weighted by Crippen LogP contribution is -2.28. The second kappa shape index (κ2) is 10.1. The van der Waals surface area contributed by atoms with Crippen molar-refractivity contribution in [1.29, 1.82) is 0 Å². The summed E-state index contributed by atoms with van der Waals surface area (Å²) in [7, 11) is 4.63. The third-order valence-corrected chi connectivity index (χ3v) is 8.03. The van der Waals surface area contributed by atoms with Crippen LogP contribution in [0.3, 0.4) is 0 Å². The Morgan fingerprint density at radius 1 is 0.897 bits per heavy atom. The van der Waals surface area contributed by atoms with Gasteiger partial charge in [-0.1, -0.05) is 0 Å². The standard InChI is InChI=1S/C30H33NO8/c1-35-21-12-22(38-8-4-7-32)18-13-31-20-11-23-28(17-6-5-16(21)26(18)27(17)20)29(33)19(14-39-23)15-9-24(36-2)30(34)25(10-15)37-3/h9-12,19,29,31-34H,4-8,13-14H2,1-3H3/t19-,29-/m0/s1. The van der Waals surface area contributed by atoms with Crippen molar-refractivity contribution < 1.29 is 39.0 Å². The molecule has 1 aliphatic carbocycles. The largest absolute Gasteiger partial charge is 0.502 e. The van der Waals surface area contributed by atoms with Gasteiger partial charge in [-0.05, 0) is 41.7 Å². The highest BCUT2D eigenvalue weighted by atomic mass is 16.5. The van der Waals surface area contributed by atoms with Gasteiger partial charge in [0.1, 0.15) is 17.2 Å². The van der Waals surface area contributed by atoms with E-state index in [1.165, 1.54) is 14.2 Å². The van der Waals surface area contributed by atoms with Crippen LogP contribution in [0.1, 0.15) is 46.3 Å². The summed E-state index contributed by atoms with van der Waals surface area (Å²) >= 11 is 0. The molecular formula is C30H33NO8. The molecule has 0 saturated heterocycles. The zero-order valence-corrected chi connectivity index (χ0v) is 22.3. The smallest absolute Gasteiger partial charge is 0.200 e. The molecule has 4 N–H and O–H groups in total. The number of benzene rings is 3. The van der Waals surface area contributed by atoms with Crippen LogP contribution < -0.4 is 29.0 Å². The van der Waals surface area contributed by atoms with Gasteiger partial charge in [-0.2, -0.15) is 0 Å². The summed E-state index contributed by atoms with van der Waals surface area (Å²) in [6, 6.07) is 7.37. The molecule has 2 aliphatic heterocycles. The Hall–Kier alpha value is -3.82. The summed E-state index contributed by atoms with van der Waals surface area (Å²) in [5.74, 6) is 2.26. The number of aliphatic hydroxyl groups is 2. The number of nitrogens with one attached hydrogen (secondary N) is 1. The SMILES string of the molecule is COc1cc([C@@H]2COc3cc4c5c(c3[C@H]2O)CCc2c(OC)cc(OCCCO)c(c2-5)CN4)cc(OC)c1O. The second-order valence-electron chi connectivity index (χ2n) is 10.0. The third-order valence-electron chi connectivity index (χ3n) is 8.03. The van der Waals surface area contributed by atoms with Crippen LogP contribution in [-0.2, 0) is 19.4 Å². The highest BCUT2D eigenvalue weighted by Crippen LogP contribution is 2.56. The maximum atomic E-state index is 11.8. The molecule has 0 radical (unpaired) electrons. The molecule has 0 spiro atoms. The Balaban J connectivity index is 1.48. The molecule has 0 fully saturated rings. The first-order valence-electron chi connectivity index (χ1n) is 13.2. The molecule has 0 saturated carbocycles. The van der Waals surface area contributed by atoms with Crippen molar-refractivity contribution in [3.05, 3.63) is 52.1 Å². The van der Waals surface area contributed by atoms with Crippen LogP contribution in [0.2, 0.25) is 0 Å². The van der Waals surface area contributed by atoms with Crippen LogP contribution in [0.25, 0.3) is 11.1 Å². The van der Waals surface area contributed by atoms with Crippen LogP contribution in [-0.4, -0.2) is 56.5 Å². The number of rotatable bonds is 8. The van der Waals surface area contributed by atoms with Gasteiger partial charge in [0.2, 0.25) is 5.75 Å². The van der Waals surface area contributed by atoms with Crippen LogP contribution in [0.15, 0.2) is 24.3 Å². The summed E-state index contributed by atoms with van der Waals surface area (Å²) < 4.78 is 28.9. The first-order chi connectivity index (χ1) is 19.0. The maximum absolute atomic E-state index is 11.8. The topological polar surface area (TPSA) is 119 Å². The minimum absolute atomic E-state index is 0.0621. The molecular weight excluding hydrogens is 502 g/mol. The Bertz CT molecular complexity index is 1410. The van der Waals surface area contributed by atoms with Crippen LogP contribution in [0.4, 0.5) is 5.69 Å². The Kier molecular flexibility index (Phi) is 6.56. The Morgan fingerprint density at radius 2 is 1.62 bits per heavy atom. The number of anilines is 1. The Labute approximate surface area is 226 Å². The van der Waals surface area contributed by atoms with Gasteiger partial charge in [-0.15, -0.1) is 0 Å². The number of aliphatic hydroxyl groups excluding tert-OH is 2. The van der Waals surface area contributed by atoms with Crippen molar-refractivity contribution in [2.45, 2.75) is 37.8 Å². The van der Waals surface area contributed by atoms with E-state index in [0.717, 1.165) is 69.0 Å². The minimum Gasteiger partial charge on any atom is -0.502 e. The lowest BCUT2D eigenvalue weighted by Gasteiger charge is -2.38. The van der Waals surface area contributed by atoms with Crippen molar-refractivity contribution in [3.63, 3.8) is 0 Å². The summed E-state index contributed by atoms with van der Waals surface area (Å²) in [5.41, 5.74) is 7.86. The fraction of sp³-hybridized carbons (Fsp3) is 0.400. The summed E-state index contributed by atoms with van der Waals surface area (Å²) in [6.07, 6.45) is 1.17. The first-order valence-corrected chi connectivity index (χ1v) is 13.2. The number of phenols is 1. The zero-order valence-electron chi connectivity index (χ0n) is 22.3. The van der Waals surface area contributed by atoms with E-state index >= 15 is 0 Å². The average molecular weight is 536 g/mol. The van der Waals surface area contributed by atoms with E-state index in [2.05, 4.69) is 5.32 Å². The van der Waals surface area contributed by atoms with Crippen molar-refractivity contribution in [2.24, 2.45) is 0 Å². The third kappa shape index (κ3) is 3.99. The minimum atomic E-state index is -0.842. The summed E-state index contributed by atoms with van der Waals surface area (Å²) in [4.78, 5) is 0. The molecule has 0 bridgehead atoms. The van der Waals surface area contributed by atoms with Crippen molar-refractivity contribution >= 4 is 5.69 Å². The number of phenolic OH excluding ortho intramolecular Hbond substituents is 1. The van der Waals surface area contributed by atoms with E-state index in [1.807, 2.05) is 12.1 Å². The van der Waals surface area contributed by atoms with Gasteiger partial charge in [0, 0.05) is 65.6 Å². The predicted molar refractivity (Wildman–Crippen MR) is 145 cm³/mol. The van der Waals surface area contributed by atoms with Crippen LogP contribution >= 0.6 is 0 Å². The van der Waals surface area contributed by atoms with E-state index < -0.39 is 12.0 Å². The molecule has 6 rings (SSSR count). The highest BCUT2D eigenvalue weighted by Gasteiger charge is 2.39. The highest BCUT2D eigenvalue weighted by molar-refractivity contribution is 5.93. The van der Waals surface area contributed by atoms with E-state index in [4.69, 9.17) is 23.7 Å². The van der Waals surface area contributed by atoms with Gasteiger partial charge < -0.3 is 44.3 Å². The molecule has 2 atom stereocenters. The molecule has 3 aromatic carbocycles. The van der Waals surface area contributed by atoms with Crippen LogP contribution in [0.5, 0.6) is 34.5 Å². The van der Waals surface area contributed by atoms with Gasteiger partial charge in [0.05, 0.1) is 40.6 Å². The number of aromatic hydroxyl groups is 1. The molecule has 9 nitrogen and oxygen atoms in total. The Morgan fingerprint density at radius 3 is 2.31 bits per heavy atom. The van der Waals surface area contributed by atoms with Gasteiger partial charge in [0.15, 0.2) is 11.5 Å². The van der Waals surface area contributed by atoms with Crippen molar-refractivity contribution in [3.8, 4) is 45.6 Å². The predicted octanol–water partition coefficient (Wildman–Crippen LogP) is 4.08. The molecule has 3 aliphatic rings. The first kappa shape index (κ1) is 25.5. The maximum Gasteiger partial charge on any atom is 0.200 e. The average Bonchev–Trinajstić information content (AvgIpc) is 2.96. The zero-order chi connectivity index (χ0) is 27.3. The molecule has 39 heavy (non-hydrogen) atoms. The molecule has 0 unspecified atom stereocenters. The number of hydrogen-bond donors (Lipinski definition) is 4. The lowest BCUT2D eigenvalue weighted by atomic mass is 9.74. The van der Waals surface area contributed by atoms with E-state index in [0.29, 0.717) is 25.3 Å². The van der Waals surface area contributed by atoms with Crippen LogP contribution in [0, 0.1) is 0 Å². The molecule has 0 amide bonds. The van der Waals surface area contributed by atoms with E-state index in [-0.39, 0.29) is 30.5 Å². The molecule has 0 aromatic heterocycles. The van der Waals surface area contributed by atoms with E-state index in [1.54, 1.807) is 19.2 Å².